The van der Waals surface area contributed by atoms with Crippen LogP contribution in [-0.2, 0) is 14.2 Å². The van der Waals surface area contributed by atoms with Gasteiger partial charge < -0.3 is 40.2 Å². The van der Waals surface area contributed by atoms with Crippen LogP contribution in [0.1, 0.15) is 72.2 Å². The molecule has 4 N–H and O–H groups in total. The van der Waals surface area contributed by atoms with E-state index in [0.29, 0.717) is 58.0 Å². The summed E-state index contributed by atoms with van der Waals surface area (Å²) in [6, 6.07) is 6.36. The molecule has 0 heterocycles. The van der Waals surface area contributed by atoms with E-state index in [-0.39, 0.29) is 12.1 Å². The number of carbonyl (C=O) groups is 3. The van der Waals surface area contributed by atoms with Crippen LogP contribution in [0.25, 0.3) is 0 Å². The maximum atomic E-state index is 11.9. The van der Waals surface area contributed by atoms with Crippen molar-refractivity contribution in [1.82, 2.24) is 21.3 Å². The van der Waals surface area contributed by atoms with Gasteiger partial charge in [0, 0.05) is 31.7 Å². The molecule has 0 radical (unpaired) electrons. The van der Waals surface area contributed by atoms with Gasteiger partial charge in [-0.15, -0.1) is 0 Å². The van der Waals surface area contributed by atoms with Gasteiger partial charge in [0.15, 0.2) is 6.29 Å². The fraction of sp³-hybridized carbons (Fsp3) is 0.654. The first-order valence-corrected chi connectivity index (χ1v) is 12.9. The molecular formula is C26H44N4O7. The third-order valence-corrected chi connectivity index (χ3v) is 4.57. The number of carbonyl (C=O) groups excluding carboxylic acids is 3. The molecule has 11 nitrogen and oxygen atoms in total. The Morgan fingerprint density at radius 3 is 1.65 bits per heavy atom. The number of amides is 4. The van der Waals surface area contributed by atoms with Crippen LogP contribution in [0, 0.1) is 0 Å². The summed E-state index contributed by atoms with van der Waals surface area (Å²) in [5, 5.41) is 11.1. The van der Waals surface area contributed by atoms with Crippen LogP contribution in [0.3, 0.4) is 0 Å². The van der Waals surface area contributed by atoms with Gasteiger partial charge in [0.05, 0.1) is 13.2 Å². The fourth-order valence-electron chi connectivity index (χ4n) is 2.83. The molecule has 11 heteroatoms. The zero-order chi connectivity index (χ0) is 27.5. The Kier molecular flexibility index (Phi) is 15.8. The van der Waals surface area contributed by atoms with E-state index in [0.717, 1.165) is 18.4 Å². The van der Waals surface area contributed by atoms with Crippen molar-refractivity contribution >= 4 is 18.2 Å². The average Bonchev–Trinajstić information content (AvgIpc) is 2.83. The SMILES string of the molecule is CCCNC(=O)NCCCOC(OCCCNC(=O)NCCC)c1ccc(OC(=O)OC(C)(C)C)cc1. The molecule has 1 aromatic carbocycles. The standard InChI is InChI=1S/C26H44N4O7/c1-6-14-27-23(31)29-16-8-18-34-22(35-19-9-17-30-24(32)28-15-7-2)20-10-12-21(13-11-20)36-25(33)37-26(3,4)5/h10-13,22H,6-9,14-19H2,1-5H3,(H2,27,29,31)(H2,28,30,32). The van der Waals surface area contributed by atoms with Crippen LogP contribution in [0.15, 0.2) is 24.3 Å². The number of nitrogens with one attached hydrogen (secondary N) is 4. The van der Waals surface area contributed by atoms with E-state index in [2.05, 4.69) is 21.3 Å². The normalized spacial score (nSPS) is 11.1. The van der Waals surface area contributed by atoms with Crippen LogP contribution >= 0.6 is 0 Å². The van der Waals surface area contributed by atoms with Gasteiger partial charge in [0.1, 0.15) is 11.4 Å². The lowest BCUT2D eigenvalue weighted by Gasteiger charge is -2.20. The predicted molar refractivity (Wildman–Crippen MR) is 141 cm³/mol. The summed E-state index contributed by atoms with van der Waals surface area (Å²) in [7, 11) is 0. The summed E-state index contributed by atoms with van der Waals surface area (Å²) < 4.78 is 22.3. The first-order valence-electron chi connectivity index (χ1n) is 12.9. The molecule has 0 spiro atoms. The minimum absolute atomic E-state index is 0.203. The van der Waals surface area contributed by atoms with E-state index in [4.69, 9.17) is 18.9 Å². The number of ether oxygens (including phenoxy) is 4. The average molecular weight is 525 g/mol. The zero-order valence-corrected chi connectivity index (χ0v) is 22.8. The van der Waals surface area contributed by atoms with Gasteiger partial charge in [-0.1, -0.05) is 26.0 Å². The summed E-state index contributed by atoms with van der Waals surface area (Å²) in [5.74, 6) is 0.335. The Morgan fingerprint density at radius 2 is 1.22 bits per heavy atom. The van der Waals surface area contributed by atoms with E-state index in [1.807, 2.05) is 13.8 Å². The highest BCUT2D eigenvalue weighted by atomic mass is 16.7. The van der Waals surface area contributed by atoms with Gasteiger partial charge in [-0.3, -0.25) is 0 Å². The van der Waals surface area contributed by atoms with E-state index >= 15 is 0 Å². The highest BCUT2D eigenvalue weighted by Crippen LogP contribution is 2.23. The van der Waals surface area contributed by atoms with Crippen molar-refractivity contribution in [2.75, 3.05) is 39.4 Å². The molecule has 0 fully saturated rings. The van der Waals surface area contributed by atoms with Crippen LogP contribution in [-0.4, -0.2) is 63.2 Å². The van der Waals surface area contributed by atoms with Crippen molar-refractivity contribution < 1.29 is 33.3 Å². The summed E-state index contributed by atoms with van der Waals surface area (Å²) in [4.78, 5) is 35.2. The van der Waals surface area contributed by atoms with Crippen LogP contribution in [0.4, 0.5) is 14.4 Å². The fourth-order valence-corrected chi connectivity index (χ4v) is 2.83. The number of benzene rings is 1. The van der Waals surface area contributed by atoms with E-state index < -0.39 is 18.0 Å². The number of rotatable bonds is 16. The highest BCUT2D eigenvalue weighted by Gasteiger charge is 2.19. The first-order chi connectivity index (χ1) is 17.6. The Labute approximate surface area is 220 Å². The van der Waals surface area contributed by atoms with Gasteiger partial charge in [0.25, 0.3) is 0 Å². The first kappa shape index (κ1) is 32.0. The number of hydrogen-bond donors (Lipinski definition) is 4. The van der Waals surface area contributed by atoms with Crippen LogP contribution < -0.4 is 26.0 Å². The quantitative estimate of drug-likeness (QED) is 0.110. The van der Waals surface area contributed by atoms with Crippen LogP contribution in [0.2, 0.25) is 0 Å². The number of hydrogen-bond acceptors (Lipinski definition) is 7. The molecule has 0 aliphatic rings. The monoisotopic (exact) mass is 524 g/mol. The second-order valence-corrected chi connectivity index (χ2v) is 9.28. The molecule has 1 aromatic rings. The van der Waals surface area contributed by atoms with Gasteiger partial charge in [-0.05, 0) is 58.6 Å². The maximum Gasteiger partial charge on any atom is 0.514 e. The molecule has 1 rings (SSSR count). The smallest absolute Gasteiger partial charge is 0.428 e. The van der Waals surface area contributed by atoms with Crippen molar-refractivity contribution in [3.63, 3.8) is 0 Å². The van der Waals surface area contributed by atoms with E-state index in [1.165, 1.54) is 0 Å². The third kappa shape index (κ3) is 16.3. The molecule has 210 valence electrons. The minimum atomic E-state index is -0.782. The number of urea groups is 2. The van der Waals surface area contributed by atoms with Gasteiger partial charge in [0.2, 0.25) is 0 Å². The molecule has 0 aliphatic carbocycles. The molecule has 0 unspecified atom stereocenters. The topological polar surface area (TPSA) is 136 Å². The lowest BCUT2D eigenvalue weighted by Crippen LogP contribution is -2.36. The second-order valence-electron chi connectivity index (χ2n) is 9.28. The van der Waals surface area contributed by atoms with E-state index in [9.17, 15) is 14.4 Å². The minimum Gasteiger partial charge on any atom is -0.428 e. The second kappa shape index (κ2) is 18.2. The Morgan fingerprint density at radius 1 is 0.757 bits per heavy atom. The molecule has 0 saturated carbocycles. The third-order valence-electron chi connectivity index (χ3n) is 4.57. The summed E-state index contributed by atoms with van der Waals surface area (Å²) in [6.45, 7) is 12.1. The molecule has 0 aliphatic heterocycles. The Balaban J connectivity index is 2.59. The molecule has 0 bridgehead atoms. The molecule has 0 saturated heterocycles. The summed E-state index contributed by atoms with van der Waals surface area (Å²) >= 11 is 0. The Hall–Kier alpha value is -3.05. The lowest BCUT2D eigenvalue weighted by molar-refractivity contribution is -0.147. The Bertz CT molecular complexity index is 767. The molecule has 0 atom stereocenters. The lowest BCUT2D eigenvalue weighted by atomic mass is 10.2. The maximum absolute atomic E-state index is 11.9. The van der Waals surface area contributed by atoms with Crippen molar-refractivity contribution in [3.05, 3.63) is 29.8 Å². The summed E-state index contributed by atoms with van der Waals surface area (Å²) in [5.41, 5.74) is 0.0831. The molecule has 4 amide bonds. The zero-order valence-electron chi connectivity index (χ0n) is 22.8. The van der Waals surface area contributed by atoms with Gasteiger partial charge in [-0.2, -0.15) is 0 Å². The van der Waals surface area contributed by atoms with Crippen molar-refractivity contribution in [2.24, 2.45) is 0 Å². The highest BCUT2D eigenvalue weighted by molar-refractivity contribution is 5.74. The molecule has 37 heavy (non-hydrogen) atoms. The predicted octanol–water partition coefficient (Wildman–Crippen LogP) is 4.23. The van der Waals surface area contributed by atoms with Crippen molar-refractivity contribution in [2.45, 2.75) is 72.2 Å². The van der Waals surface area contributed by atoms with Crippen LogP contribution in [0.5, 0.6) is 5.75 Å². The summed E-state index contributed by atoms with van der Waals surface area (Å²) in [6.07, 6.45) is 1.48. The van der Waals surface area contributed by atoms with Crippen molar-refractivity contribution in [1.29, 1.82) is 0 Å². The largest absolute Gasteiger partial charge is 0.514 e. The van der Waals surface area contributed by atoms with Gasteiger partial charge in [-0.25, -0.2) is 14.4 Å². The molecular weight excluding hydrogens is 480 g/mol. The van der Waals surface area contributed by atoms with E-state index in [1.54, 1.807) is 45.0 Å². The van der Waals surface area contributed by atoms with Crippen molar-refractivity contribution in [3.8, 4) is 5.75 Å². The molecule has 0 aromatic heterocycles. The van der Waals surface area contributed by atoms with Gasteiger partial charge >= 0.3 is 18.2 Å².